The molecule has 0 aliphatic rings. The Morgan fingerprint density at radius 3 is 2.67 bits per heavy atom. The maximum absolute atomic E-state index is 12.7. The van der Waals surface area contributed by atoms with Crippen molar-refractivity contribution >= 4 is 33.9 Å². The molecule has 0 spiro atoms. The van der Waals surface area contributed by atoms with Gasteiger partial charge in [0.25, 0.3) is 5.56 Å². The second kappa shape index (κ2) is 4.24. The average molecular weight is 365 g/mol. The first kappa shape index (κ1) is 12.8. The molecular weight excluding hydrogens is 362 g/mol. The van der Waals surface area contributed by atoms with Crippen LogP contribution in [0.5, 0.6) is 0 Å². The minimum atomic E-state index is -4.70. The molecule has 2 aromatic heterocycles. The summed E-state index contributed by atoms with van der Waals surface area (Å²) < 4.78 is 38.5. The number of hydrogen-bond donors (Lipinski definition) is 0. The molecule has 2 rings (SSSR count). The van der Waals surface area contributed by atoms with E-state index in [4.69, 9.17) is 6.57 Å². The molecule has 0 saturated carbocycles. The van der Waals surface area contributed by atoms with Crippen LogP contribution in [0.4, 0.5) is 18.9 Å². The van der Waals surface area contributed by atoms with Crippen LogP contribution in [0.3, 0.4) is 0 Å². The van der Waals surface area contributed by atoms with Gasteiger partial charge in [-0.3, -0.25) is 9.20 Å². The van der Waals surface area contributed by atoms with Crippen LogP contribution in [0.15, 0.2) is 23.1 Å². The number of halogens is 4. The first-order valence-corrected chi connectivity index (χ1v) is 5.59. The number of pyridine rings is 1. The minimum absolute atomic E-state index is 0.122. The molecule has 0 aromatic carbocycles. The number of aromatic nitrogens is 2. The molecular formula is C10H3F3IN3O. The summed E-state index contributed by atoms with van der Waals surface area (Å²) >= 11 is 1.32. The zero-order valence-electron chi connectivity index (χ0n) is 8.49. The number of rotatable bonds is 0. The summed E-state index contributed by atoms with van der Waals surface area (Å²) in [6.45, 7) is 6.78. The van der Waals surface area contributed by atoms with E-state index in [0.29, 0.717) is 0 Å². The summed E-state index contributed by atoms with van der Waals surface area (Å²) in [6.07, 6.45) is -3.46. The SMILES string of the molecule is [C-]#[N+]c1ccn2c(=O)c(I)c(C(F)(F)F)nc2c1. The van der Waals surface area contributed by atoms with Crippen LogP contribution in [-0.2, 0) is 6.18 Å². The summed E-state index contributed by atoms with van der Waals surface area (Å²) in [4.78, 5) is 18.2. The van der Waals surface area contributed by atoms with Crippen molar-refractivity contribution in [3.05, 3.63) is 49.4 Å². The molecule has 0 aliphatic carbocycles. The molecule has 0 bridgehead atoms. The van der Waals surface area contributed by atoms with Gasteiger partial charge in [-0.1, -0.05) is 0 Å². The van der Waals surface area contributed by atoms with E-state index in [1.54, 1.807) is 0 Å². The van der Waals surface area contributed by atoms with Gasteiger partial charge in [-0.25, -0.2) is 9.83 Å². The van der Waals surface area contributed by atoms with Gasteiger partial charge in [0.1, 0.15) is 9.22 Å². The van der Waals surface area contributed by atoms with Crippen molar-refractivity contribution in [3.63, 3.8) is 0 Å². The van der Waals surface area contributed by atoms with Gasteiger partial charge >= 0.3 is 6.18 Å². The van der Waals surface area contributed by atoms with Crippen molar-refractivity contribution in [3.8, 4) is 0 Å². The van der Waals surface area contributed by atoms with E-state index in [9.17, 15) is 18.0 Å². The highest BCUT2D eigenvalue weighted by Crippen LogP contribution is 2.30. The molecule has 92 valence electrons. The molecule has 0 radical (unpaired) electrons. The third kappa shape index (κ3) is 2.05. The van der Waals surface area contributed by atoms with E-state index < -0.39 is 21.0 Å². The quantitative estimate of drug-likeness (QED) is 0.532. The monoisotopic (exact) mass is 365 g/mol. The van der Waals surface area contributed by atoms with Gasteiger partial charge in [0, 0.05) is 6.20 Å². The van der Waals surface area contributed by atoms with Crippen LogP contribution in [0.1, 0.15) is 5.69 Å². The maximum atomic E-state index is 12.7. The predicted octanol–water partition coefficient (Wildman–Crippen LogP) is 2.87. The van der Waals surface area contributed by atoms with Gasteiger partial charge in [0.05, 0.1) is 6.57 Å². The molecule has 2 heterocycles. The molecule has 18 heavy (non-hydrogen) atoms. The summed E-state index contributed by atoms with van der Waals surface area (Å²) in [7, 11) is 0. The van der Waals surface area contributed by atoms with E-state index in [1.807, 2.05) is 0 Å². The molecule has 8 heteroatoms. The highest BCUT2D eigenvalue weighted by Gasteiger charge is 2.36. The first-order chi connectivity index (χ1) is 8.34. The van der Waals surface area contributed by atoms with Crippen molar-refractivity contribution in [2.75, 3.05) is 0 Å². The van der Waals surface area contributed by atoms with E-state index in [2.05, 4.69) is 9.83 Å². The molecule has 4 nitrogen and oxygen atoms in total. The summed E-state index contributed by atoms with van der Waals surface area (Å²) in [5, 5.41) is 0. The molecule has 0 saturated heterocycles. The van der Waals surface area contributed by atoms with Crippen molar-refractivity contribution < 1.29 is 13.2 Å². The molecule has 0 fully saturated rings. The Balaban J connectivity index is 2.90. The number of fused-ring (bicyclic) bond motifs is 1. The molecule has 0 unspecified atom stereocenters. The molecule has 2 aromatic rings. The van der Waals surface area contributed by atoms with Crippen molar-refractivity contribution in [1.82, 2.24) is 9.38 Å². The Morgan fingerprint density at radius 2 is 2.11 bits per heavy atom. The Kier molecular flexibility index (Phi) is 3.02. The van der Waals surface area contributed by atoms with Gasteiger partial charge in [-0.05, 0) is 34.7 Å². The lowest BCUT2D eigenvalue weighted by Crippen LogP contribution is -2.24. The largest absolute Gasteiger partial charge is 0.434 e. The van der Waals surface area contributed by atoms with Crippen LogP contribution in [-0.4, -0.2) is 9.38 Å². The van der Waals surface area contributed by atoms with Gasteiger partial charge in [0.15, 0.2) is 11.4 Å². The fourth-order valence-electron chi connectivity index (χ4n) is 1.36. The van der Waals surface area contributed by atoms with Gasteiger partial charge < -0.3 is 0 Å². The fraction of sp³-hybridized carbons (Fsp3) is 0.100. The first-order valence-electron chi connectivity index (χ1n) is 4.51. The highest BCUT2D eigenvalue weighted by atomic mass is 127. The Bertz CT molecular complexity index is 730. The Labute approximate surface area is 112 Å². The topological polar surface area (TPSA) is 38.7 Å². The Morgan fingerprint density at radius 1 is 1.44 bits per heavy atom. The second-order valence-electron chi connectivity index (χ2n) is 3.30. The third-order valence-corrected chi connectivity index (χ3v) is 3.13. The zero-order valence-corrected chi connectivity index (χ0v) is 10.7. The molecule has 0 atom stereocenters. The molecule has 0 N–H and O–H groups in total. The Hall–Kier alpha value is -1.63. The number of nitrogens with zero attached hydrogens (tertiary/aromatic N) is 3. The molecule has 0 aliphatic heterocycles. The predicted molar refractivity (Wildman–Crippen MR) is 65.4 cm³/mol. The maximum Gasteiger partial charge on any atom is 0.434 e. The van der Waals surface area contributed by atoms with Crippen molar-refractivity contribution in [1.29, 1.82) is 0 Å². The van der Waals surface area contributed by atoms with Crippen LogP contribution in [0.25, 0.3) is 10.5 Å². The summed E-state index contributed by atoms with van der Waals surface area (Å²) in [6, 6.07) is 2.48. The average Bonchev–Trinajstić information content (AvgIpc) is 2.31. The lowest BCUT2D eigenvalue weighted by molar-refractivity contribution is -0.141. The summed E-state index contributed by atoms with van der Waals surface area (Å²) in [5.74, 6) is 0. The third-order valence-electron chi connectivity index (χ3n) is 2.16. The summed E-state index contributed by atoms with van der Waals surface area (Å²) in [5.41, 5.74) is -2.10. The van der Waals surface area contributed by atoms with Crippen LogP contribution in [0, 0.1) is 10.1 Å². The van der Waals surface area contributed by atoms with E-state index in [1.165, 1.54) is 34.9 Å². The normalized spacial score (nSPS) is 11.5. The lowest BCUT2D eigenvalue weighted by Gasteiger charge is -2.09. The van der Waals surface area contributed by atoms with E-state index in [-0.39, 0.29) is 11.3 Å². The van der Waals surface area contributed by atoms with Gasteiger partial charge in [0.2, 0.25) is 0 Å². The smallest absolute Gasteiger partial charge is 0.269 e. The van der Waals surface area contributed by atoms with E-state index >= 15 is 0 Å². The molecule has 0 amide bonds. The van der Waals surface area contributed by atoms with Crippen LogP contribution < -0.4 is 5.56 Å². The van der Waals surface area contributed by atoms with Crippen molar-refractivity contribution in [2.45, 2.75) is 6.18 Å². The van der Waals surface area contributed by atoms with Crippen molar-refractivity contribution in [2.24, 2.45) is 0 Å². The van der Waals surface area contributed by atoms with Crippen LogP contribution >= 0.6 is 22.6 Å². The highest BCUT2D eigenvalue weighted by molar-refractivity contribution is 14.1. The van der Waals surface area contributed by atoms with Crippen LogP contribution in [0.2, 0.25) is 0 Å². The van der Waals surface area contributed by atoms with Gasteiger partial charge in [-0.15, -0.1) is 0 Å². The fourth-order valence-corrected chi connectivity index (χ4v) is 2.05. The number of hydrogen-bond acceptors (Lipinski definition) is 2. The number of alkyl halides is 3. The lowest BCUT2D eigenvalue weighted by atomic mass is 10.3. The minimum Gasteiger partial charge on any atom is -0.269 e. The zero-order chi connectivity index (χ0) is 13.5. The van der Waals surface area contributed by atoms with E-state index in [0.717, 1.165) is 10.5 Å². The van der Waals surface area contributed by atoms with Gasteiger partial charge in [-0.2, -0.15) is 13.2 Å². The standard InChI is InChI=1S/C10H3F3IN3O/c1-15-5-2-3-17-6(4-5)16-8(10(11,12)13)7(14)9(17)18/h2-4H. The second-order valence-corrected chi connectivity index (χ2v) is 4.38.